The number of likely N-dealkylation sites (tertiary alicyclic amines) is 1. The minimum Gasteiger partial charge on any atom is -0.491 e. The fourth-order valence-corrected chi connectivity index (χ4v) is 8.04. The van der Waals surface area contributed by atoms with Crippen molar-refractivity contribution >= 4 is 58.2 Å². The Labute approximate surface area is 249 Å². The lowest BCUT2D eigenvalue weighted by molar-refractivity contribution is -0.384. The zero-order valence-corrected chi connectivity index (χ0v) is 23.7. The molecule has 6 rings (SSSR count). The number of non-ortho nitro benzene ring substituents is 1. The van der Waals surface area contributed by atoms with Gasteiger partial charge in [-0.05, 0) is 48.6 Å². The van der Waals surface area contributed by atoms with Gasteiger partial charge in [-0.25, -0.2) is 0 Å². The lowest BCUT2D eigenvalue weighted by Gasteiger charge is -2.50. The third-order valence-corrected chi connectivity index (χ3v) is 10.3. The highest BCUT2D eigenvalue weighted by Crippen LogP contribution is 2.65. The number of halogens is 2. The third kappa shape index (κ3) is 3.76. The minimum atomic E-state index is -1.90. The summed E-state index contributed by atoms with van der Waals surface area (Å²) in [4.78, 5) is 63.4. The van der Waals surface area contributed by atoms with Crippen LogP contribution in [-0.4, -0.2) is 68.6 Å². The summed E-state index contributed by atoms with van der Waals surface area (Å²) in [7, 11) is 1.32. The summed E-state index contributed by atoms with van der Waals surface area (Å²) in [5.74, 6) is -5.04. The summed E-state index contributed by atoms with van der Waals surface area (Å²) >= 11 is 14.3. The van der Waals surface area contributed by atoms with Crippen molar-refractivity contribution in [3.05, 3.63) is 75.9 Å². The van der Waals surface area contributed by atoms with Gasteiger partial charge in [-0.15, -0.1) is 23.2 Å². The van der Waals surface area contributed by atoms with Gasteiger partial charge in [0.1, 0.15) is 12.4 Å². The van der Waals surface area contributed by atoms with Crippen molar-refractivity contribution in [1.29, 1.82) is 0 Å². The molecule has 42 heavy (non-hydrogen) atoms. The number of fused-ring (bicyclic) bond motifs is 4. The van der Waals surface area contributed by atoms with E-state index in [0.29, 0.717) is 16.9 Å². The van der Waals surface area contributed by atoms with Crippen molar-refractivity contribution in [1.82, 2.24) is 4.90 Å². The number of imide groups is 2. The number of nitro benzene ring substituents is 1. The summed E-state index contributed by atoms with van der Waals surface area (Å²) in [5.41, 5.74) is 1.24. The Balaban J connectivity index is 1.44. The van der Waals surface area contributed by atoms with Gasteiger partial charge in [-0.2, -0.15) is 0 Å². The van der Waals surface area contributed by atoms with Crippen LogP contribution in [0, 0.1) is 27.9 Å². The highest BCUT2D eigenvalue weighted by Gasteiger charge is 2.75. The molecule has 0 aromatic heterocycles. The maximum atomic E-state index is 14.0. The molecule has 1 saturated carbocycles. The van der Waals surface area contributed by atoms with Crippen LogP contribution in [0.3, 0.4) is 0 Å². The van der Waals surface area contributed by atoms with Crippen molar-refractivity contribution in [3.8, 4) is 5.75 Å². The average molecular weight is 614 g/mol. The number of rotatable bonds is 6. The third-order valence-electron chi connectivity index (χ3n) is 8.91. The molecule has 2 aliphatic carbocycles. The number of ether oxygens (including phenoxy) is 1. The molecule has 0 spiro atoms. The van der Waals surface area contributed by atoms with Crippen LogP contribution in [0.25, 0.3) is 0 Å². The number of hydrogen-bond donors (Lipinski definition) is 1. The van der Waals surface area contributed by atoms with Gasteiger partial charge in [-0.3, -0.25) is 39.1 Å². The number of carbonyl (C=O) groups is 4. The van der Waals surface area contributed by atoms with Gasteiger partial charge in [0, 0.05) is 25.1 Å². The predicted molar refractivity (Wildman–Crippen MR) is 150 cm³/mol. The second-order valence-corrected chi connectivity index (χ2v) is 12.2. The molecule has 0 bridgehead atoms. The molecule has 218 valence electrons. The molecular formula is C29H25Cl2N3O8. The van der Waals surface area contributed by atoms with E-state index in [4.69, 9.17) is 33.0 Å². The topological polar surface area (TPSA) is 147 Å². The average Bonchev–Trinajstić information content (AvgIpc) is 3.31. The van der Waals surface area contributed by atoms with E-state index in [1.165, 1.54) is 31.3 Å². The van der Waals surface area contributed by atoms with Crippen LogP contribution in [0.1, 0.15) is 24.3 Å². The molecule has 6 atom stereocenters. The van der Waals surface area contributed by atoms with Crippen LogP contribution in [0.4, 0.5) is 11.4 Å². The molecule has 2 heterocycles. The number of allylic oxidation sites excluding steroid dienone is 2. The Kier molecular flexibility index (Phi) is 6.67. The van der Waals surface area contributed by atoms with Gasteiger partial charge in [0.15, 0.2) is 9.75 Å². The number of aliphatic hydroxyl groups excluding tert-OH is 1. The number of hydrogen-bond acceptors (Lipinski definition) is 8. The van der Waals surface area contributed by atoms with E-state index in [1.807, 2.05) is 6.08 Å². The minimum absolute atomic E-state index is 0.0858. The van der Waals surface area contributed by atoms with Gasteiger partial charge in [0.05, 0.1) is 29.1 Å². The smallest absolute Gasteiger partial charge is 0.269 e. The summed E-state index contributed by atoms with van der Waals surface area (Å²) in [6.07, 6.45) is 1.88. The zero-order valence-electron chi connectivity index (χ0n) is 22.2. The van der Waals surface area contributed by atoms with Crippen molar-refractivity contribution in [2.45, 2.75) is 28.5 Å². The second kappa shape index (κ2) is 9.89. The Hall–Kier alpha value is -3.80. The summed E-state index contributed by atoms with van der Waals surface area (Å²) < 4.78 is 5.47. The van der Waals surface area contributed by atoms with Crippen molar-refractivity contribution in [3.63, 3.8) is 0 Å². The second-order valence-electron chi connectivity index (χ2n) is 10.9. The number of carbonyl (C=O) groups excluding carboxylic acids is 4. The lowest BCUT2D eigenvalue weighted by atomic mass is 9.56. The van der Waals surface area contributed by atoms with E-state index >= 15 is 0 Å². The largest absolute Gasteiger partial charge is 0.491 e. The molecule has 2 aliphatic heterocycles. The number of anilines is 1. The summed E-state index contributed by atoms with van der Waals surface area (Å²) in [6, 6.07) is 11.9. The number of benzene rings is 2. The van der Waals surface area contributed by atoms with Crippen molar-refractivity contribution < 1.29 is 33.9 Å². The highest BCUT2D eigenvalue weighted by molar-refractivity contribution is 6.53. The Bertz CT molecular complexity index is 1560. The van der Waals surface area contributed by atoms with E-state index in [2.05, 4.69) is 0 Å². The van der Waals surface area contributed by atoms with Gasteiger partial charge < -0.3 is 9.84 Å². The first kappa shape index (κ1) is 28.3. The molecule has 4 aliphatic rings. The van der Waals surface area contributed by atoms with Gasteiger partial charge >= 0.3 is 0 Å². The molecule has 1 N–H and O–H groups in total. The Morgan fingerprint density at radius 2 is 1.67 bits per heavy atom. The maximum Gasteiger partial charge on any atom is 0.269 e. The Morgan fingerprint density at radius 3 is 2.29 bits per heavy atom. The number of aliphatic hydroxyl groups is 1. The van der Waals surface area contributed by atoms with Gasteiger partial charge in [0.2, 0.25) is 11.8 Å². The fourth-order valence-electron chi connectivity index (χ4n) is 7.02. The van der Waals surface area contributed by atoms with E-state index in [9.17, 15) is 29.3 Å². The first-order valence-corrected chi connectivity index (χ1v) is 14.1. The predicted octanol–water partition coefficient (Wildman–Crippen LogP) is 3.16. The molecule has 2 saturated heterocycles. The van der Waals surface area contributed by atoms with Gasteiger partial charge in [0.25, 0.3) is 17.5 Å². The van der Waals surface area contributed by atoms with Gasteiger partial charge in [-0.1, -0.05) is 23.8 Å². The first-order valence-electron chi connectivity index (χ1n) is 13.3. The van der Waals surface area contributed by atoms with Crippen LogP contribution in [0.15, 0.2) is 60.2 Å². The standard InChI is InChI=1S/C29H25Cl2N3O8/c1-32-26(38)28(30)14-21-19(23(29(28,31)27(32)39)15-2-8-18(9-3-15)42-13-12-35)10-11-20-22(21)25(37)33(24(20)36)16-4-6-17(7-5-16)34(40)41/h2-10,20-23,35H,11-14H2,1H3/t20-,21+,22-,23-,28+,29-/m0/s1. The van der Waals surface area contributed by atoms with Crippen molar-refractivity contribution in [2.24, 2.45) is 17.8 Å². The molecule has 11 nitrogen and oxygen atoms in total. The first-order chi connectivity index (χ1) is 20.0. The number of amides is 4. The van der Waals surface area contributed by atoms with E-state index in [1.54, 1.807) is 24.3 Å². The SMILES string of the molecule is CN1C(=O)[C@]2(Cl)C[C@@H]3C(=CC[C@@H]4C(=O)N(c5ccc([N+](=O)[O-])cc5)C(=O)[C@@H]43)[C@H](c3ccc(OCCO)cc3)[C@]2(Cl)C1=O. The van der Waals surface area contributed by atoms with E-state index < -0.39 is 62.0 Å². The molecule has 2 aromatic carbocycles. The lowest BCUT2D eigenvalue weighted by Crippen LogP contribution is -2.60. The summed E-state index contributed by atoms with van der Waals surface area (Å²) in [5, 5.41) is 20.2. The van der Waals surface area contributed by atoms with Crippen LogP contribution in [-0.2, 0) is 19.2 Å². The normalized spacial score (nSPS) is 32.0. The van der Waals surface area contributed by atoms with Crippen LogP contribution < -0.4 is 9.64 Å². The van der Waals surface area contributed by atoms with E-state index in [0.717, 1.165) is 9.80 Å². The quantitative estimate of drug-likeness (QED) is 0.172. The van der Waals surface area contributed by atoms with Crippen molar-refractivity contribution in [2.75, 3.05) is 25.2 Å². The molecular weight excluding hydrogens is 589 g/mol. The molecule has 0 unspecified atom stereocenters. The highest BCUT2D eigenvalue weighted by atomic mass is 35.5. The molecule has 3 fully saturated rings. The Morgan fingerprint density at radius 1 is 1.00 bits per heavy atom. The van der Waals surface area contributed by atoms with Crippen LogP contribution in [0.2, 0.25) is 0 Å². The number of nitro groups is 1. The summed E-state index contributed by atoms with van der Waals surface area (Å²) in [6.45, 7) is -0.0872. The zero-order chi connectivity index (χ0) is 30.1. The molecule has 0 radical (unpaired) electrons. The fraction of sp³-hybridized carbons (Fsp3) is 0.379. The monoisotopic (exact) mass is 613 g/mol. The maximum absolute atomic E-state index is 14.0. The van der Waals surface area contributed by atoms with Crippen LogP contribution in [0.5, 0.6) is 5.75 Å². The number of alkyl halides is 2. The molecule has 4 amide bonds. The number of nitrogens with zero attached hydrogens (tertiary/aromatic N) is 3. The van der Waals surface area contributed by atoms with Crippen LogP contribution >= 0.6 is 23.2 Å². The molecule has 13 heteroatoms. The molecule has 2 aromatic rings. The van der Waals surface area contributed by atoms with E-state index in [-0.39, 0.29) is 37.4 Å².